The fraction of sp³-hybridized carbons (Fsp3) is 0.147. The molecule has 1 amide bonds. The highest BCUT2D eigenvalue weighted by atomic mass is 32.2. The van der Waals surface area contributed by atoms with Crippen LogP contribution >= 0.6 is 23.1 Å². The number of aromatic nitrogens is 3. The molecule has 3 aromatic carbocycles. The largest absolute Gasteiger partial charge is 0.507 e. The van der Waals surface area contributed by atoms with Gasteiger partial charge in [-0.05, 0) is 53.1 Å². The second-order valence-corrected chi connectivity index (χ2v) is 12.1. The Kier molecular flexibility index (Phi) is 8.90. The van der Waals surface area contributed by atoms with E-state index >= 15 is 0 Å². The molecular formula is C34H28N4O5S2. The molecule has 1 aliphatic heterocycles. The van der Waals surface area contributed by atoms with E-state index in [0.717, 1.165) is 16.3 Å². The van der Waals surface area contributed by atoms with Gasteiger partial charge in [0.15, 0.2) is 15.8 Å². The van der Waals surface area contributed by atoms with Gasteiger partial charge in [-0.3, -0.25) is 19.5 Å². The maximum atomic E-state index is 13.7. The quantitative estimate of drug-likeness (QED) is 0.0410. The van der Waals surface area contributed by atoms with Crippen LogP contribution in [0, 0.1) is 0 Å². The zero-order valence-corrected chi connectivity index (χ0v) is 25.9. The van der Waals surface area contributed by atoms with Crippen molar-refractivity contribution >= 4 is 56.5 Å². The summed E-state index contributed by atoms with van der Waals surface area (Å²) >= 11 is 2.71. The lowest BCUT2D eigenvalue weighted by molar-refractivity contribution is -0.132. The predicted molar refractivity (Wildman–Crippen MR) is 176 cm³/mol. The number of aliphatic hydroxyl groups excluding tert-OH is 1. The van der Waals surface area contributed by atoms with Gasteiger partial charge >= 0.3 is 5.91 Å². The van der Waals surface area contributed by atoms with Crippen LogP contribution in [-0.4, -0.2) is 45.2 Å². The van der Waals surface area contributed by atoms with Gasteiger partial charge in [0, 0.05) is 23.7 Å². The zero-order valence-electron chi connectivity index (χ0n) is 24.3. The Morgan fingerprint density at radius 2 is 1.82 bits per heavy atom. The van der Waals surface area contributed by atoms with Crippen LogP contribution in [0.3, 0.4) is 0 Å². The van der Waals surface area contributed by atoms with Gasteiger partial charge in [0.25, 0.3) is 5.78 Å². The van der Waals surface area contributed by atoms with Crippen LogP contribution in [0.5, 0.6) is 11.5 Å². The average molecular weight is 637 g/mol. The minimum Gasteiger partial charge on any atom is -0.507 e. The van der Waals surface area contributed by atoms with Gasteiger partial charge < -0.3 is 14.6 Å². The van der Waals surface area contributed by atoms with E-state index in [1.54, 1.807) is 36.4 Å². The van der Waals surface area contributed by atoms with E-state index in [4.69, 9.17) is 9.47 Å². The van der Waals surface area contributed by atoms with Crippen LogP contribution in [0.2, 0.25) is 0 Å². The summed E-state index contributed by atoms with van der Waals surface area (Å²) in [5.41, 5.74) is 1.95. The van der Waals surface area contributed by atoms with Crippen LogP contribution in [0.25, 0.3) is 16.5 Å². The molecule has 1 atom stereocenters. The monoisotopic (exact) mass is 636 g/mol. The Balaban J connectivity index is 1.39. The van der Waals surface area contributed by atoms with Gasteiger partial charge in [-0.1, -0.05) is 84.3 Å². The fourth-order valence-electron chi connectivity index (χ4n) is 5.16. The molecule has 0 radical (unpaired) electrons. The normalized spacial score (nSPS) is 15.8. The highest BCUT2D eigenvalue weighted by Crippen LogP contribution is 2.45. The number of aliphatic hydroxyl groups is 1. The van der Waals surface area contributed by atoms with E-state index in [1.165, 1.54) is 40.4 Å². The Hall–Kier alpha value is -5.00. The SMILES string of the molecule is C=CCOc1ccc(C2C(=C(O)c3ccncc3)C(=O)C(=O)N2c2nnc(SCc3cccc4ccccc34)s2)cc1OCC. The molecular weight excluding hydrogens is 609 g/mol. The van der Waals surface area contributed by atoms with Crippen LogP contribution in [0.15, 0.2) is 108 Å². The summed E-state index contributed by atoms with van der Waals surface area (Å²) in [4.78, 5) is 32.6. The van der Waals surface area contributed by atoms with E-state index in [-0.39, 0.29) is 23.1 Å². The number of thioether (sulfide) groups is 1. The number of nitrogens with zero attached hydrogens (tertiary/aromatic N) is 4. The van der Waals surface area contributed by atoms with Crippen LogP contribution in [0.1, 0.15) is 29.7 Å². The number of benzene rings is 3. The first-order chi connectivity index (χ1) is 22.0. The van der Waals surface area contributed by atoms with Gasteiger partial charge in [0.1, 0.15) is 12.4 Å². The Labute approximate surface area is 267 Å². The van der Waals surface area contributed by atoms with Crippen molar-refractivity contribution in [3.8, 4) is 11.5 Å². The summed E-state index contributed by atoms with van der Waals surface area (Å²) in [6, 6.07) is 21.7. The predicted octanol–water partition coefficient (Wildman–Crippen LogP) is 6.97. The Morgan fingerprint density at radius 3 is 2.62 bits per heavy atom. The van der Waals surface area contributed by atoms with Crippen LogP contribution in [-0.2, 0) is 15.3 Å². The molecule has 0 saturated carbocycles. The first-order valence-corrected chi connectivity index (χ1v) is 15.9. The van der Waals surface area contributed by atoms with Gasteiger partial charge in [0.2, 0.25) is 5.13 Å². The van der Waals surface area contributed by atoms with Crippen molar-refractivity contribution in [3.63, 3.8) is 0 Å². The molecule has 0 bridgehead atoms. The highest BCUT2D eigenvalue weighted by Gasteiger charge is 2.48. The molecule has 45 heavy (non-hydrogen) atoms. The zero-order chi connectivity index (χ0) is 31.3. The lowest BCUT2D eigenvalue weighted by Gasteiger charge is -2.23. The first kappa shape index (κ1) is 30.0. The molecule has 1 fully saturated rings. The third-order valence-electron chi connectivity index (χ3n) is 7.17. The molecule has 1 N–H and O–H groups in total. The van der Waals surface area contributed by atoms with Crippen molar-refractivity contribution in [2.45, 2.75) is 23.1 Å². The third-order valence-corrected chi connectivity index (χ3v) is 9.28. The van der Waals surface area contributed by atoms with Gasteiger partial charge in [-0.25, -0.2) is 0 Å². The number of carbonyl (C=O) groups excluding carboxylic acids is 2. The molecule has 6 rings (SSSR count). The average Bonchev–Trinajstić information content (AvgIpc) is 3.64. The number of Topliss-reactive ketones (excluding diaryl/α,β-unsaturated/α-hetero) is 1. The molecule has 1 saturated heterocycles. The van der Waals surface area contributed by atoms with E-state index < -0.39 is 17.7 Å². The molecule has 11 heteroatoms. The molecule has 5 aromatic rings. The van der Waals surface area contributed by atoms with Gasteiger partial charge in [-0.2, -0.15) is 0 Å². The fourth-order valence-corrected chi connectivity index (χ4v) is 7.03. The first-order valence-electron chi connectivity index (χ1n) is 14.1. The number of amides is 1. The van der Waals surface area contributed by atoms with Crippen molar-refractivity contribution in [2.24, 2.45) is 0 Å². The van der Waals surface area contributed by atoms with Crippen LogP contribution < -0.4 is 14.4 Å². The van der Waals surface area contributed by atoms with Crippen molar-refractivity contribution in [2.75, 3.05) is 18.1 Å². The number of fused-ring (bicyclic) bond motifs is 1. The Morgan fingerprint density at radius 1 is 1.02 bits per heavy atom. The van der Waals surface area contributed by atoms with Gasteiger partial charge in [-0.15, -0.1) is 10.2 Å². The molecule has 226 valence electrons. The summed E-state index contributed by atoms with van der Waals surface area (Å²) in [6.07, 6.45) is 4.63. The number of rotatable bonds is 11. The van der Waals surface area contributed by atoms with Crippen LogP contribution in [0.4, 0.5) is 5.13 Å². The van der Waals surface area contributed by atoms with Crippen molar-refractivity contribution in [3.05, 3.63) is 120 Å². The molecule has 2 aromatic heterocycles. The number of hydrogen-bond acceptors (Lipinski definition) is 10. The minimum absolute atomic E-state index is 0.0754. The maximum Gasteiger partial charge on any atom is 0.301 e. The summed E-state index contributed by atoms with van der Waals surface area (Å²) in [5, 5.41) is 22.6. The topological polar surface area (TPSA) is 115 Å². The lowest BCUT2D eigenvalue weighted by Crippen LogP contribution is -2.29. The molecule has 1 unspecified atom stereocenters. The van der Waals surface area contributed by atoms with E-state index in [0.29, 0.717) is 39.3 Å². The number of pyridine rings is 1. The van der Waals surface area contributed by atoms with Crippen molar-refractivity contribution in [1.29, 1.82) is 0 Å². The summed E-state index contributed by atoms with van der Waals surface area (Å²) < 4.78 is 12.3. The standard InChI is InChI=1S/C34H28N4O5S2/c1-3-18-43-26-13-12-23(19-27(26)42-4-2)29-28(30(39)22-14-16-35-17-15-22)31(40)32(41)38(29)33-36-37-34(45-33)44-20-24-10-7-9-21-8-5-6-11-25(21)24/h3,5-17,19,29,39H,1,4,18,20H2,2H3. The Bertz CT molecular complexity index is 1920. The van der Waals surface area contributed by atoms with Crippen molar-refractivity contribution in [1.82, 2.24) is 15.2 Å². The second kappa shape index (κ2) is 13.3. The number of ketones is 1. The van der Waals surface area contributed by atoms with E-state index in [2.05, 4.69) is 46.0 Å². The molecule has 9 nitrogen and oxygen atoms in total. The lowest BCUT2D eigenvalue weighted by atomic mass is 9.95. The smallest absolute Gasteiger partial charge is 0.301 e. The second-order valence-electron chi connectivity index (χ2n) is 9.92. The molecule has 0 spiro atoms. The minimum atomic E-state index is -1.00. The number of hydrogen-bond donors (Lipinski definition) is 1. The van der Waals surface area contributed by atoms with Crippen molar-refractivity contribution < 1.29 is 24.2 Å². The summed E-state index contributed by atoms with van der Waals surface area (Å²) in [6.45, 7) is 6.17. The number of carbonyl (C=O) groups is 2. The summed E-state index contributed by atoms with van der Waals surface area (Å²) in [5.74, 6) is -0.418. The highest BCUT2D eigenvalue weighted by molar-refractivity contribution is 8.00. The van der Waals surface area contributed by atoms with Gasteiger partial charge in [0.05, 0.1) is 18.2 Å². The number of ether oxygens (including phenoxy) is 2. The molecule has 3 heterocycles. The van der Waals surface area contributed by atoms with E-state index in [1.807, 2.05) is 25.1 Å². The third kappa shape index (κ3) is 6.04. The molecule has 1 aliphatic rings. The summed E-state index contributed by atoms with van der Waals surface area (Å²) in [7, 11) is 0. The molecule has 0 aliphatic carbocycles. The number of anilines is 1. The maximum absolute atomic E-state index is 13.7. The van der Waals surface area contributed by atoms with E-state index in [9.17, 15) is 14.7 Å².